The van der Waals surface area contributed by atoms with Crippen molar-refractivity contribution in [2.24, 2.45) is 0 Å². The number of benzene rings is 2. The summed E-state index contributed by atoms with van der Waals surface area (Å²) in [6, 6.07) is 11.1. The first-order chi connectivity index (χ1) is 14.5. The molecule has 9 heteroatoms. The molecule has 3 rings (SSSR count). The normalized spacial score (nSPS) is 11.6. The average molecular weight is 415 g/mol. The summed E-state index contributed by atoms with van der Waals surface area (Å²) < 4.78 is 35.0. The smallest absolute Gasteiger partial charge is 0.261 e. The number of hydrogen-bond donors (Lipinski definition) is 1. The van der Waals surface area contributed by atoms with Crippen LogP contribution >= 0.6 is 0 Å². The highest BCUT2D eigenvalue weighted by atomic mass is 19.1. The standard InChI is InChI=1S/C21H22FN3O5/c1-4-16(29-17-8-6-5-7-15(17)22)21(26)23-12-19-24-20(25-30-19)14-10-9-13(27-2)11-18(14)28-3/h5-11,16H,4,12H2,1-3H3,(H,23,26)/t16-/m1/s1. The number of methoxy groups -OCH3 is 2. The Morgan fingerprint density at radius 3 is 2.67 bits per heavy atom. The van der Waals surface area contributed by atoms with Gasteiger partial charge < -0.3 is 24.1 Å². The minimum Gasteiger partial charge on any atom is -0.497 e. The van der Waals surface area contributed by atoms with Crippen molar-refractivity contribution in [2.45, 2.75) is 26.0 Å². The first-order valence-corrected chi connectivity index (χ1v) is 9.29. The van der Waals surface area contributed by atoms with Gasteiger partial charge in [0.05, 0.1) is 26.3 Å². The van der Waals surface area contributed by atoms with Crippen molar-refractivity contribution >= 4 is 5.91 Å². The van der Waals surface area contributed by atoms with Crippen LogP contribution in [0.5, 0.6) is 17.2 Å². The van der Waals surface area contributed by atoms with E-state index in [4.69, 9.17) is 18.7 Å². The second-order valence-electron chi connectivity index (χ2n) is 6.24. The number of nitrogens with zero attached hydrogens (tertiary/aromatic N) is 2. The van der Waals surface area contributed by atoms with Gasteiger partial charge in [-0.15, -0.1) is 0 Å². The van der Waals surface area contributed by atoms with Crippen LogP contribution in [0.3, 0.4) is 0 Å². The fourth-order valence-corrected chi connectivity index (χ4v) is 2.71. The first kappa shape index (κ1) is 21.1. The van der Waals surface area contributed by atoms with Crippen LogP contribution in [0, 0.1) is 5.82 Å². The molecule has 0 saturated carbocycles. The average Bonchev–Trinajstić information content (AvgIpc) is 3.25. The number of carbonyl (C=O) groups excluding carboxylic acids is 1. The van der Waals surface area contributed by atoms with Crippen LogP contribution in [0.25, 0.3) is 11.4 Å². The van der Waals surface area contributed by atoms with Gasteiger partial charge in [-0.05, 0) is 30.7 Å². The highest BCUT2D eigenvalue weighted by Crippen LogP contribution is 2.31. The summed E-state index contributed by atoms with van der Waals surface area (Å²) in [6.45, 7) is 1.77. The molecule has 0 spiro atoms. The van der Waals surface area contributed by atoms with Gasteiger partial charge in [-0.25, -0.2) is 4.39 Å². The van der Waals surface area contributed by atoms with E-state index < -0.39 is 17.8 Å². The molecule has 8 nitrogen and oxygen atoms in total. The van der Waals surface area contributed by atoms with E-state index in [0.717, 1.165) is 0 Å². The van der Waals surface area contributed by atoms with Crippen molar-refractivity contribution in [3.63, 3.8) is 0 Å². The van der Waals surface area contributed by atoms with E-state index in [1.54, 1.807) is 44.4 Å². The Hall–Kier alpha value is -3.62. The number of amides is 1. The number of ether oxygens (including phenoxy) is 3. The monoisotopic (exact) mass is 415 g/mol. The molecule has 0 aliphatic rings. The lowest BCUT2D eigenvalue weighted by Gasteiger charge is -2.17. The summed E-state index contributed by atoms with van der Waals surface area (Å²) in [5.74, 6) is 0.750. The number of carbonyl (C=O) groups is 1. The summed E-state index contributed by atoms with van der Waals surface area (Å²) in [5.41, 5.74) is 0.619. The Morgan fingerprint density at radius 1 is 1.17 bits per heavy atom. The summed E-state index contributed by atoms with van der Waals surface area (Å²) in [7, 11) is 3.09. The predicted octanol–water partition coefficient (Wildman–Crippen LogP) is 3.37. The molecular weight excluding hydrogens is 393 g/mol. The highest BCUT2D eigenvalue weighted by molar-refractivity contribution is 5.81. The molecule has 0 saturated heterocycles. The lowest BCUT2D eigenvalue weighted by molar-refractivity contribution is -0.128. The van der Waals surface area contributed by atoms with E-state index >= 15 is 0 Å². The Morgan fingerprint density at radius 2 is 1.97 bits per heavy atom. The third kappa shape index (κ3) is 4.86. The lowest BCUT2D eigenvalue weighted by Crippen LogP contribution is -2.37. The molecule has 0 unspecified atom stereocenters. The van der Waals surface area contributed by atoms with E-state index in [0.29, 0.717) is 29.3 Å². The van der Waals surface area contributed by atoms with Gasteiger partial charge in [0.15, 0.2) is 17.7 Å². The fraction of sp³-hybridized carbons (Fsp3) is 0.286. The van der Waals surface area contributed by atoms with E-state index in [-0.39, 0.29) is 18.2 Å². The topological polar surface area (TPSA) is 95.7 Å². The van der Waals surface area contributed by atoms with Crippen LogP contribution < -0.4 is 19.5 Å². The van der Waals surface area contributed by atoms with Crippen LogP contribution in [-0.4, -0.2) is 36.4 Å². The Bertz CT molecular complexity index is 1010. The second kappa shape index (κ2) is 9.73. The zero-order chi connectivity index (χ0) is 21.5. The summed E-state index contributed by atoms with van der Waals surface area (Å²) in [6.07, 6.45) is -0.496. The van der Waals surface area contributed by atoms with E-state index in [1.165, 1.54) is 19.2 Å². The maximum absolute atomic E-state index is 13.8. The van der Waals surface area contributed by atoms with Crippen molar-refractivity contribution in [3.8, 4) is 28.6 Å². The predicted molar refractivity (Wildman–Crippen MR) is 106 cm³/mol. The van der Waals surface area contributed by atoms with Gasteiger partial charge >= 0.3 is 0 Å². The van der Waals surface area contributed by atoms with Crippen molar-refractivity contribution < 1.29 is 27.9 Å². The van der Waals surface area contributed by atoms with Gasteiger partial charge in [-0.2, -0.15) is 4.98 Å². The van der Waals surface area contributed by atoms with E-state index in [9.17, 15) is 9.18 Å². The van der Waals surface area contributed by atoms with Crippen molar-refractivity contribution in [3.05, 3.63) is 54.2 Å². The molecule has 30 heavy (non-hydrogen) atoms. The van der Waals surface area contributed by atoms with Gasteiger partial charge in [0.2, 0.25) is 11.7 Å². The van der Waals surface area contributed by atoms with Gasteiger partial charge in [-0.1, -0.05) is 24.2 Å². The van der Waals surface area contributed by atoms with Gasteiger partial charge in [0, 0.05) is 6.07 Å². The first-order valence-electron chi connectivity index (χ1n) is 9.29. The number of nitrogens with one attached hydrogen (secondary N) is 1. The Balaban J connectivity index is 1.65. The summed E-state index contributed by atoms with van der Waals surface area (Å²) in [4.78, 5) is 16.7. The van der Waals surface area contributed by atoms with Gasteiger partial charge in [0.25, 0.3) is 5.91 Å². The third-order valence-electron chi connectivity index (χ3n) is 4.30. The highest BCUT2D eigenvalue weighted by Gasteiger charge is 2.21. The quantitative estimate of drug-likeness (QED) is 0.572. The number of hydrogen-bond acceptors (Lipinski definition) is 7. The lowest BCUT2D eigenvalue weighted by atomic mass is 10.2. The van der Waals surface area contributed by atoms with Crippen molar-refractivity contribution in [2.75, 3.05) is 14.2 Å². The maximum Gasteiger partial charge on any atom is 0.261 e. The molecule has 1 heterocycles. The molecule has 3 aromatic rings. The molecule has 0 radical (unpaired) electrons. The Kier molecular flexibility index (Phi) is 6.84. The second-order valence-corrected chi connectivity index (χ2v) is 6.24. The molecule has 1 amide bonds. The maximum atomic E-state index is 13.8. The zero-order valence-electron chi connectivity index (χ0n) is 16.8. The van der Waals surface area contributed by atoms with Crippen LogP contribution in [0.15, 0.2) is 47.0 Å². The number of halogens is 1. The van der Waals surface area contributed by atoms with Crippen LogP contribution in [0.4, 0.5) is 4.39 Å². The van der Waals surface area contributed by atoms with Crippen molar-refractivity contribution in [1.29, 1.82) is 0 Å². The molecule has 1 N–H and O–H groups in total. The molecule has 158 valence electrons. The minimum absolute atomic E-state index is 0.00142. The number of para-hydroxylation sites is 1. The molecule has 2 aromatic carbocycles. The van der Waals surface area contributed by atoms with Gasteiger partial charge in [0.1, 0.15) is 11.5 Å². The zero-order valence-corrected chi connectivity index (χ0v) is 16.8. The van der Waals surface area contributed by atoms with Crippen molar-refractivity contribution in [1.82, 2.24) is 15.5 Å². The summed E-state index contributed by atoms with van der Waals surface area (Å²) >= 11 is 0. The molecule has 1 aromatic heterocycles. The fourth-order valence-electron chi connectivity index (χ4n) is 2.71. The third-order valence-corrected chi connectivity index (χ3v) is 4.30. The van der Waals surface area contributed by atoms with Crippen LogP contribution in [0.1, 0.15) is 19.2 Å². The van der Waals surface area contributed by atoms with Crippen LogP contribution in [0.2, 0.25) is 0 Å². The molecule has 0 fully saturated rings. The Labute approximate surface area is 173 Å². The van der Waals surface area contributed by atoms with Crippen LogP contribution in [-0.2, 0) is 11.3 Å². The molecule has 0 bridgehead atoms. The molecule has 0 aliphatic carbocycles. The summed E-state index contributed by atoms with van der Waals surface area (Å²) in [5, 5.41) is 6.60. The van der Waals surface area contributed by atoms with E-state index in [2.05, 4.69) is 15.5 Å². The SMILES string of the molecule is CC[C@@H](Oc1ccccc1F)C(=O)NCc1nc(-c2ccc(OC)cc2OC)no1. The number of aromatic nitrogens is 2. The molecular formula is C21H22FN3O5. The van der Waals surface area contributed by atoms with Gasteiger partial charge in [-0.3, -0.25) is 4.79 Å². The molecule has 0 aliphatic heterocycles. The number of rotatable bonds is 9. The largest absolute Gasteiger partial charge is 0.497 e. The minimum atomic E-state index is -0.856. The van der Waals surface area contributed by atoms with E-state index in [1.807, 2.05) is 0 Å². The molecule has 1 atom stereocenters.